The lowest BCUT2D eigenvalue weighted by Crippen LogP contribution is -2.51. The fraction of sp³-hybridized carbons (Fsp3) is 0.417. The van der Waals surface area contributed by atoms with Crippen molar-refractivity contribution in [3.05, 3.63) is 29.6 Å². The number of nitrogens with zero attached hydrogens (tertiary/aromatic N) is 2. The second-order valence-corrected chi connectivity index (χ2v) is 4.79. The third-order valence-corrected chi connectivity index (χ3v) is 3.27. The van der Waals surface area contributed by atoms with Gasteiger partial charge in [0.15, 0.2) is 5.84 Å². The van der Waals surface area contributed by atoms with E-state index in [2.05, 4.69) is 15.5 Å². The highest BCUT2D eigenvalue weighted by molar-refractivity contribution is 5.98. The third kappa shape index (κ3) is 2.42. The smallest absolute Gasteiger partial charge is 0.270 e. The van der Waals surface area contributed by atoms with Crippen molar-refractivity contribution < 1.29 is 10.0 Å². The topological polar surface area (TPSA) is 101 Å². The van der Waals surface area contributed by atoms with Gasteiger partial charge in [0.05, 0.1) is 0 Å². The molecule has 1 amide bonds. The van der Waals surface area contributed by atoms with E-state index >= 15 is 0 Å². The highest BCUT2D eigenvalue weighted by Crippen LogP contribution is 2.31. The van der Waals surface area contributed by atoms with Crippen LogP contribution in [0.4, 0.5) is 0 Å². The SMILES string of the molecule is CC1(NC(=O)c2ccc(/C(N)=N/O)cn2)CCC1. The second-order valence-electron chi connectivity index (χ2n) is 4.79. The lowest BCUT2D eigenvalue weighted by molar-refractivity contribution is 0.0845. The van der Waals surface area contributed by atoms with Crippen molar-refractivity contribution in [2.45, 2.75) is 31.7 Å². The van der Waals surface area contributed by atoms with Crippen molar-refractivity contribution in [3.63, 3.8) is 0 Å². The number of aromatic nitrogens is 1. The molecule has 1 aliphatic carbocycles. The fourth-order valence-electron chi connectivity index (χ4n) is 1.91. The van der Waals surface area contributed by atoms with Gasteiger partial charge >= 0.3 is 0 Å². The number of carbonyl (C=O) groups excluding carboxylic acids is 1. The summed E-state index contributed by atoms with van der Waals surface area (Å²) >= 11 is 0. The monoisotopic (exact) mass is 248 g/mol. The number of hydrogen-bond acceptors (Lipinski definition) is 4. The number of nitrogens with two attached hydrogens (primary N) is 1. The van der Waals surface area contributed by atoms with Gasteiger partial charge in [-0.3, -0.25) is 9.78 Å². The number of pyridine rings is 1. The zero-order valence-corrected chi connectivity index (χ0v) is 10.2. The van der Waals surface area contributed by atoms with E-state index in [1.54, 1.807) is 12.1 Å². The van der Waals surface area contributed by atoms with Crippen LogP contribution in [0, 0.1) is 0 Å². The Balaban J connectivity index is 2.07. The zero-order chi connectivity index (χ0) is 13.2. The molecule has 0 aliphatic heterocycles. The number of amides is 1. The Labute approximate surface area is 105 Å². The largest absolute Gasteiger partial charge is 0.409 e. The van der Waals surface area contributed by atoms with Crippen LogP contribution in [0.2, 0.25) is 0 Å². The maximum Gasteiger partial charge on any atom is 0.270 e. The quantitative estimate of drug-likeness (QED) is 0.319. The van der Waals surface area contributed by atoms with Crippen LogP contribution in [-0.2, 0) is 0 Å². The summed E-state index contributed by atoms with van der Waals surface area (Å²) in [6.07, 6.45) is 4.56. The van der Waals surface area contributed by atoms with E-state index in [0.29, 0.717) is 11.3 Å². The molecule has 1 heterocycles. The lowest BCUT2D eigenvalue weighted by Gasteiger charge is -2.38. The number of nitrogens with one attached hydrogen (secondary N) is 1. The Bertz CT molecular complexity index is 477. The van der Waals surface area contributed by atoms with E-state index in [1.807, 2.05) is 6.92 Å². The predicted molar refractivity (Wildman–Crippen MR) is 66.5 cm³/mol. The van der Waals surface area contributed by atoms with Gasteiger partial charge in [-0.15, -0.1) is 0 Å². The van der Waals surface area contributed by atoms with Crippen LogP contribution in [0.1, 0.15) is 42.2 Å². The minimum atomic E-state index is -0.191. The molecule has 0 radical (unpaired) electrons. The Morgan fingerprint density at radius 1 is 1.56 bits per heavy atom. The average Bonchev–Trinajstić information content (AvgIpc) is 2.36. The van der Waals surface area contributed by atoms with E-state index < -0.39 is 0 Å². The molecule has 0 atom stereocenters. The Hall–Kier alpha value is -2.11. The minimum Gasteiger partial charge on any atom is -0.409 e. The zero-order valence-electron chi connectivity index (χ0n) is 10.2. The van der Waals surface area contributed by atoms with Gasteiger partial charge in [0.2, 0.25) is 0 Å². The number of carbonyl (C=O) groups is 1. The van der Waals surface area contributed by atoms with Crippen LogP contribution in [-0.4, -0.2) is 27.5 Å². The molecule has 6 heteroatoms. The maximum absolute atomic E-state index is 11.9. The molecule has 0 spiro atoms. The molecule has 1 aromatic rings. The van der Waals surface area contributed by atoms with Crippen molar-refractivity contribution in [1.29, 1.82) is 0 Å². The highest BCUT2D eigenvalue weighted by atomic mass is 16.4. The molecule has 4 N–H and O–H groups in total. The van der Waals surface area contributed by atoms with Gasteiger partial charge in [-0.1, -0.05) is 5.16 Å². The normalized spacial score (nSPS) is 17.9. The summed E-state index contributed by atoms with van der Waals surface area (Å²) < 4.78 is 0. The predicted octanol–water partition coefficient (Wildman–Crippen LogP) is 0.848. The van der Waals surface area contributed by atoms with Crippen molar-refractivity contribution in [1.82, 2.24) is 10.3 Å². The van der Waals surface area contributed by atoms with Crippen molar-refractivity contribution in [3.8, 4) is 0 Å². The average molecular weight is 248 g/mol. The summed E-state index contributed by atoms with van der Waals surface area (Å²) in [5.41, 5.74) is 6.13. The number of hydrogen-bond donors (Lipinski definition) is 3. The molecule has 1 fully saturated rings. The summed E-state index contributed by atoms with van der Waals surface area (Å²) in [6, 6.07) is 3.16. The molecule has 0 aromatic carbocycles. The maximum atomic E-state index is 11.9. The fourth-order valence-corrected chi connectivity index (χ4v) is 1.91. The molecule has 0 bridgehead atoms. The summed E-state index contributed by atoms with van der Waals surface area (Å²) in [4.78, 5) is 15.9. The first-order valence-electron chi connectivity index (χ1n) is 5.80. The summed E-state index contributed by atoms with van der Waals surface area (Å²) in [6.45, 7) is 2.03. The van der Waals surface area contributed by atoms with E-state index in [4.69, 9.17) is 10.9 Å². The molecule has 6 nitrogen and oxygen atoms in total. The van der Waals surface area contributed by atoms with Crippen LogP contribution in [0.15, 0.2) is 23.5 Å². The summed E-state index contributed by atoms with van der Waals surface area (Å²) in [7, 11) is 0. The molecule has 2 rings (SSSR count). The van der Waals surface area contributed by atoms with Crippen LogP contribution >= 0.6 is 0 Å². The standard InChI is InChI=1S/C12H16N4O2/c1-12(5-2-6-12)15-11(17)9-4-3-8(7-14-9)10(13)16-18/h3-4,7,18H,2,5-6H2,1H3,(H2,13,16)(H,15,17). The van der Waals surface area contributed by atoms with E-state index in [1.165, 1.54) is 6.20 Å². The number of rotatable bonds is 3. The Kier molecular flexibility index (Phi) is 3.18. The first-order valence-corrected chi connectivity index (χ1v) is 5.80. The van der Waals surface area contributed by atoms with Crippen LogP contribution in [0.5, 0.6) is 0 Å². The Morgan fingerprint density at radius 2 is 2.28 bits per heavy atom. The molecular weight excluding hydrogens is 232 g/mol. The lowest BCUT2D eigenvalue weighted by atomic mass is 9.78. The third-order valence-electron chi connectivity index (χ3n) is 3.27. The van der Waals surface area contributed by atoms with Crippen LogP contribution in [0.25, 0.3) is 0 Å². The molecule has 0 saturated heterocycles. The summed E-state index contributed by atoms with van der Waals surface area (Å²) in [5.74, 6) is -0.219. The van der Waals surface area contributed by atoms with Gasteiger partial charge in [0, 0.05) is 17.3 Å². The van der Waals surface area contributed by atoms with Crippen LogP contribution < -0.4 is 11.1 Å². The van der Waals surface area contributed by atoms with Crippen molar-refractivity contribution in [2.75, 3.05) is 0 Å². The van der Waals surface area contributed by atoms with Crippen molar-refractivity contribution >= 4 is 11.7 Å². The van der Waals surface area contributed by atoms with Gasteiger partial charge in [-0.05, 0) is 38.3 Å². The van der Waals surface area contributed by atoms with Gasteiger partial charge in [-0.2, -0.15) is 0 Å². The van der Waals surface area contributed by atoms with Gasteiger partial charge < -0.3 is 16.3 Å². The first kappa shape index (κ1) is 12.3. The molecule has 1 saturated carbocycles. The molecule has 96 valence electrons. The number of oxime groups is 1. The highest BCUT2D eigenvalue weighted by Gasteiger charge is 2.33. The molecule has 1 aromatic heterocycles. The van der Waals surface area contributed by atoms with E-state index in [-0.39, 0.29) is 17.3 Å². The molecular formula is C12H16N4O2. The molecule has 0 unspecified atom stereocenters. The van der Waals surface area contributed by atoms with Gasteiger partial charge in [-0.25, -0.2) is 0 Å². The van der Waals surface area contributed by atoms with E-state index in [0.717, 1.165) is 19.3 Å². The minimum absolute atomic E-state index is 0.0274. The second kappa shape index (κ2) is 4.64. The van der Waals surface area contributed by atoms with Crippen LogP contribution in [0.3, 0.4) is 0 Å². The molecule has 1 aliphatic rings. The first-order chi connectivity index (χ1) is 8.54. The van der Waals surface area contributed by atoms with Gasteiger partial charge in [0.25, 0.3) is 5.91 Å². The molecule has 18 heavy (non-hydrogen) atoms. The Morgan fingerprint density at radius 3 is 2.72 bits per heavy atom. The number of amidine groups is 1. The van der Waals surface area contributed by atoms with E-state index in [9.17, 15) is 4.79 Å². The summed E-state index contributed by atoms with van der Waals surface area (Å²) in [5, 5.41) is 14.3. The van der Waals surface area contributed by atoms with Gasteiger partial charge in [0.1, 0.15) is 5.69 Å². The van der Waals surface area contributed by atoms with Crippen molar-refractivity contribution in [2.24, 2.45) is 10.9 Å².